The molecule has 1 aromatic heterocycles. The molecule has 7 nitrogen and oxygen atoms in total. The van der Waals surface area contributed by atoms with E-state index in [0.717, 1.165) is 12.8 Å². The summed E-state index contributed by atoms with van der Waals surface area (Å²) in [6.45, 7) is 0. The van der Waals surface area contributed by atoms with Crippen LogP contribution in [0.5, 0.6) is 5.75 Å². The summed E-state index contributed by atoms with van der Waals surface area (Å²) in [5.74, 6) is -0.0803. The van der Waals surface area contributed by atoms with Gasteiger partial charge in [-0.2, -0.15) is 0 Å². The van der Waals surface area contributed by atoms with Gasteiger partial charge in [-0.1, -0.05) is 6.07 Å². The number of amides is 1. The van der Waals surface area contributed by atoms with Crippen LogP contribution in [0.25, 0.3) is 0 Å². The van der Waals surface area contributed by atoms with Crippen molar-refractivity contribution in [3.05, 3.63) is 48.3 Å². The minimum atomic E-state index is -3.62. The van der Waals surface area contributed by atoms with Crippen LogP contribution in [0.1, 0.15) is 23.3 Å². The summed E-state index contributed by atoms with van der Waals surface area (Å²) >= 11 is 0. The van der Waals surface area contributed by atoms with Crippen LogP contribution in [0.15, 0.2) is 47.5 Å². The minimum absolute atomic E-state index is 0.00339. The summed E-state index contributed by atoms with van der Waals surface area (Å²) in [7, 11) is -2.17. The van der Waals surface area contributed by atoms with Crippen LogP contribution in [-0.4, -0.2) is 32.5 Å². The van der Waals surface area contributed by atoms with Gasteiger partial charge in [-0.15, -0.1) is 0 Å². The number of nitrogens with one attached hydrogen (secondary N) is 2. The highest BCUT2D eigenvalue weighted by Gasteiger charge is 2.28. The Labute approximate surface area is 140 Å². The first-order valence-electron chi connectivity index (χ1n) is 7.42. The van der Waals surface area contributed by atoms with Gasteiger partial charge in [-0.3, -0.25) is 9.78 Å². The van der Waals surface area contributed by atoms with Gasteiger partial charge in [0.25, 0.3) is 5.91 Å². The molecule has 0 saturated heterocycles. The first-order chi connectivity index (χ1) is 11.5. The van der Waals surface area contributed by atoms with Crippen molar-refractivity contribution in [2.75, 3.05) is 12.4 Å². The van der Waals surface area contributed by atoms with Gasteiger partial charge in [0.2, 0.25) is 10.0 Å². The van der Waals surface area contributed by atoms with Crippen LogP contribution in [0, 0.1) is 0 Å². The number of hydrogen-bond donors (Lipinski definition) is 2. The molecule has 0 unspecified atom stereocenters. The number of aromatic nitrogens is 1. The molecule has 0 bridgehead atoms. The van der Waals surface area contributed by atoms with Gasteiger partial charge in [-0.05, 0) is 43.2 Å². The lowest BCUT2D eigenvalue weighted by Crippen LogP contribution is -2.26. The molecule has 1 amide bonds. The number of rotatable bonds is 6. The van der Waals surface area contributed by atoms with E-state index in [2.05, 4.69) is 15.0 Å². The second-order valence-electron chi connectivity index (χ2n) is 5.43. The zero-order chi connectivity index (χ0) is 17.2. The Morgan fingerprint density at radius 2 is 2.04 bits per heavy atom. The molecular weight excluding hydrogens is 330 g/mol. The van der Waals surface area contributed by atoms with Gasteiger partial charge >= 0.3 is 0 Å². The SMILES string of the molecule is COc1ccc(S(=O)(=O)NC2CC2)cc1NC(=O)c1ccccn1. The van der Waals surface area contributed by atoms with Crippen molar-refractivity contribution in [1.82, 2.24) is 9.71 Å². The smallest absolute Gasteiger partial charge is 0.274 e. The van der Waals surface area contributed by atoms with Gasteiger partial charge in [0, 0.05) is 12.2 Å². The maximum atomic E-state index is 12.3. The van der Waals surface area contributed by atoms with E-state index in [0.29, 0.717) is 5.75 Å². The lowest BCUT2D eigenvalue weighted by atomic mass is 10.2. The average molecular weight is 347 g/mol. The third-order valence-corrected chi connectivity index (χ3v) is 5.04. The molecule has 2 N–H and O–H groups in total. The molecule has 1 heterocycles. The molecule has 8 heteroatoms. The molecule has 0 atom stereocenters. The Balaban J connectivity index is 1.88. The number of sulfonamides is 1. The second-order valence-corrected chi connectivity index (χ2v) is 7.14. The quantitative estimate of drug-likeness (QED) is 0.830. The zero-order valence-corrected chi connectivity index (χ0v) is 13.8. The number of benzene rings is 1. The molecule has 1 aliphatic carbocycles. The molecule has 0 radical (unpaired) electrons. The summed E-state index contributed by atoms with van der Waals surface area (Å²) in [6.07, 6.45) is 3.20. The Kier molecular flexibility index (Phi) is 4.50. The standard InChI is InChI=1S/C16H17N3O4S/c1-23-15-8-7-12(24(21,22)19-11-5-6-11)10-14(15)18-16(20)13-4-2-3-9-17-13/h2-4,7-11,19H,5-6H2,1H3,(H,18,20). The zero-order valence-electron chi connectivity index (χ0n) is 13.0. The van der Waals surface area contributed by atoms with Crippen LogP contribution in [0.2, 0.25) is 0 Å². The summed E-state index contributed by atoms with van der Waals surface area (Å²) in [4.78, 5) is 16.3. The van der Waals surface area contributed by atoms with Gasteiger partial charge < -0.3 is 10.1 Å². The molecule has 126 valence electrons. The van der Waals surface area contributed by atoms with E-state index in [1.165, 1.54) is 31.5 Å². The Hall–Kier alpha value is -2.45. The summed E-state index contributed by atoms with van der Waals surface area (Å²) in [6, 6.07) is 9.30. The predicted octanol–water partition coefficient (Wildman–Crippen LogP) is 1.78. The highest BCUT2D eigenvalue weighted by atomic mass is 32.2. The largest absolute Gasteiger partial charge is 0.495 e. The summed E-state index contributed by atoms with van der Waals surface area (Å²) in [5.41, 5.74) is 0.496. The monoisotopic (exact) mass is 347 g/mol. The third-order valence-electron chi connectivity index (χ3n) is 3.53. The molecule has 1 saturated carbocycles. The number of methoxy groups -OCH3 is 1. The van der Waals surface area contributed by atoms with E-state index in [4.69, 9.17) is 4.74 Å². The Morgan fingerprint density at radius 3 is 2.67 bits per heavy atom. The molecule has 3 rings (SSSR count). The van der Waals surface area contributed by atoms with E-state index >= 15 is 0 Å². The van der Waals surface area contributed by atoms with Crippen molar-refractivity contribution >= 4 is 21.6 Å². The van der Waals surface area contributed by atoms with E-state index < -0.39 is 15.9 Å². The van der Waals surface area contributed by atoms with E-state index in [1.807, 2.05) is 0 Å². The van der Waals surface area contributed by atoms with Crippen molar-refractivity contribution in [3.63, 3.8) is 0 Å². The lowest BCUT2D eigenvalue weighted by molar-refractivity contribution is 0.102. The minimum Gasteiger partial charge on any atom is -0.495 e. The van der Waals surface area contributed by atoms with Crippen molar-refractivity contribution in [1.29, 1.82) is 0 Å². The number of ether oxygens (including phenoxy) is 1. The molecule has 0 aliphatic heterocycles. The normalized spacial score (nSPS) is 14.2. The van der Waals surface area contributed by atoms with Gasteiger partial charge in [0.05, 0.1) is 17.7 Å². The average Bonchev–Trinajstić information content (AvgIpc) is 3.39. The molecule has 0 spiro atoms. The maximum Gasteiger partial charge on any atom is 0.274 e. The number of anilines is 1. The van der Waals surface area contributed by atoms with Crippen LogP contribution in [-0.2, 0) is 10.0 Å². The molecule has 1 aromatic carbocycles. The number of carbonyl (C=O) groups excluding carboxylic acids is 1. The number of hydrogen-bond acceptors (Lipinski definition) is 5. The summed E-state index contributed by atoms with van der Waals surface area (Å²) < 4.78 is 32.4. The van der Waals surface area contributed by atoms with Gasteiger partial charge in [-0.25, -0.2) is 13.1 Å². The Bertz CT molecular complexity index is 849. The first kappa shape index (κ1) is 16.4. The second kappa shape index (κ2) is 6.58. The molecule has 1 fully saturated rings. The van der Waals surface area contributed by atoms with E-state index in [9.17, 15) is 13.2 Å². The van der Waals surface area contributed by atoms with Crippen molar-refractivity contribution in [2.24, 2.45) is 0 Å². The highest BCUT2D eigenvalue weighted by molar-refractivity contribution is 7.89. The fourth-order valence-electron chi connectivity index (χ4n) is 2.12. The van der Waals surface area contributed by atoms with Gasteiger partial charge in [0.1, 0.15) is 11.4 Å². The van der Waals surface area contributed by atoms with Crippen molar-refractivity contribution < 1.29 is 17.9 Å². The highest BCUT2D eigenvalue weighted by Crippen LogP contribution is 2.29. The van der Waals surface area contributed by atoms with Crippen molar-refractivity contribution in [3.8, 4) is 5.75 Å². The maximum absolute atomic E-state index is 12.3. The van der Waals surface area contributed by atoms with Crippen LogP contribution >= 0.6 is 0 Å². The topological polar surface area (TPSA) is 97.4 Å². The number of pyridine rings is 1. The molecular formula is C16H17N3O4S. The van der Waals surface area contributed by atoms with Crippen molar-refractivity contribution in [2.45, 2.75) is 23.8 Å². The fourth-order valence-corrected chi connectivity index (χ4v) is 3.45. The number of carbonyl (C=O) groups is 1. The summed E-state index contributed by atoms with van der Waals surface area (Å²) in [5, 5.41) is 2.64. The third kappa shape index (κ3) is 3.72. The Morgan fingerprint density at radius 1 is 1.25 bits per heavy atom. The molecule has 2 aromatic rings. The first-order valence-corrected chi connectivity index (χ1v) is 8.90. The van der Waals surface area contributed by atoms with E-state index in [-0.39, 0.29) is 22.3 Å². The predicted molar refractivity (Wildman–Crippen MR) is 88.5 cm³/mol. The lowest BCUT2D eigenvalue weighted by Gasteiger charge is -2.12. The fraction of sp³-hybridized carbons (Fsp3) is 0.250. The molecule has 1 aliphatic rings. The van der Waals surface area contributed by atoms with Crippen LogP contribution in [0.3, 0.4) is 0 Å². The van der Waals surface area contributed by atoms with Gasteiger partial charge in [0.15, 0.2) is 0 Å². The van der Waals surface area contributed by atoms with Crippen LogP contribution < -0.4 is 14.8 Å². The van der Waals surface area contributed by atoms with Crippen LogP contribution in [0.4, 0.5) is 5.69 Å². The van der Waals surface area contributed by atoms with E-state index in [1.54, 1.807) is 18.2 Å². The number of nitrogens with zero attached hydrogens (tertiary/aromatic N) is 1. The molecule has 24 heavy (non-hydrogen) atoms.